The lowest BCUT2D eigenvalue weighted by Crippen LogP contribution is -2.37. The molecule has 2 aromatic carbocycles. The van der Waals surface area contributed by atoms with Gasteiger partial charge in [-0.25, -0.2) is 8.42 Å². The number of hydrogen-bond acceptors (Lipinski definition) is 7. The molecule has 0 unspecified atom stereocenters. The molecule has 1 N–H and O–H groups in total. The number of phenolic OH excluding ortho intramolecular Hbond substituents is 1. The third-order valence-electron chi connectivity index (χ3n) is 4.47. The highest BCUT2D eigenvalue weighted by molar-refractivity contribution is 7.89. The van der Waals surface area contributed by atoms with Crippen LogP contribution >= 0.6 is 0 Å². The van der Waals surface area contributed by atoms with Gasteiger partial charge >= 0.3 is 5.69 Å². The first-order chi connectivity index (χ1) is 14.1. The topological polar surface area (TPSA) is 113 Å². The van der Waals surface area contributed by atoms with E-state index in [1.54, 1.807) is 31.0 Å². The van der Waals surface area contributed by atoms with Gasteiger partial charge in [-0.2, -0.15) is 4.31 Å². The molecule has 164 valence electrons. The molecule has 0 radical (unpaired) electrons. The maximum atomic E-state index is 13.0. The molecule has 0 aliphatic carbocycles. The maximum Gasteiger partial charge on any atom is 0.310 e. The molecule has 9 nitrogen and oxygen atoms in total. The number of nitro benzene ring substituents is 1. The van der Waals surface area contributed by atoms with E-state index in [0.29, 0.717) is 18.0 Å². The van der Waals surface area contributed by atoms with Crippen molar-refractivity contribution in [3.63, 3.8) is 0 Å². The van der Waals surface area contributed by atoms with Crippen LogP contribution in [0.15, 0.2) is 47.4 Å². The minimum absolute atomic E-state index is 0.00556. The molecule has 0 saturated carbocycles. The van der Waals surface area contributed by atoms with E-state index >= 15 is 0 Å². The lowest BCUT2D eigenvalue weighted by atomic mass is 10.2. The second kappa shape index (κ2) is 9.77. The summed E-state index contributed by atoms with van der Waals surface area (Å²) in [7, 11) is -1.97. The summed E-state index contributed by atoms with van der Waals surface area (Å²) in [4.78, 5) is 12.1. The van der Waals surface area contributed by atoms with Crippen molar-refractivity contribution >= 4 is 21.4 Å². The molecule has 0 fully saturated rings. The Hall–Kier alpha value is -2.85. The fraction of sp³-hybridized carbons (Fsp3) is 0.400. The average molecular weight is 438 g/mol. The van der Waals surface area contributed by atoms with Gasteiger partial charge < -0.3 is 14.7 Å². The molecule has 0 bridgehead atoms. The highest BCUT2D eigenvalue weighted by atomic mass is 32.2. The lowest BCUT2D eigenvalue weighted by Gasteiger charge is -2.25. The summed E-state index contributed by atoms with van der Waals surface area (Å²) < 4.78 is 32.8. The first-order valence-corrected chi connectivity index (χ1v) is 11.0. The number of nitrogens with zero attached hydrogens (tertiary/aromatic N) is 3. The van der Waals surface area contributed by atoms with Gasteiger partial charge in [0.1, 0.15) is 5.75 Å². The van der Waals surface area contributed by atoms with Crippen LogP contribution in [0.1, 0.15) is 20.8 Å². The van der Waals surface area contributed by atoms with E-state index < -0.39 is 20.7 Å². The number of nitro groups is 1. The van der Waals surface area contributed by atoms with Crippen LogP contribution in [0, 0.1) is 10.1 Å². The van der Waals surface area contributed by atoms with E-state index in [4.69, 9.17) is 4.74 Å². The molecule has 0 aliphatic heterocycles. The molecule has 30 heavy (non-hydrogen) atoms. The standard InChI is InChI=1S/C20H27N3O6S/c1-5-22(30(27,28)18-9-7-17(8-10-18)29-15(2)3)13-12-21(4)16-6-11-19(23(25)26)20(24)14-16/h6-11,14-15,24H,5,12-13H2,1-4H3. The largest absolute Gasteiger partial charge is 0.502 e. The second-order valence-corrected chi connectivity index (χ2v) is 8.92. The van der Waals surface area contributed by atoms with E-state index in [1.807, 2.05) is 13.8 Å². The summed E-state index contributed by atoms with van der Waals surface area (Å²) in [6, 6.07) is 10.3. The minimum Gasteiger partial charge on any atom is -0.502 e. The summed E-state index contributed by atoms with van der Waals surface area (Å²) in [5, 5.41) is 20.6. The Morgan fingerprint density at radius 1 is 1.13 bits per heavy atom. The van der Waals surface area contributed by atoms with Crippen LogP contribution in [0.5, 0.6) is 11.5 Å². The average Bonchev–Trinajstić information content (AvgIpc) is 2.67. The molecule has 0 aliphatic rings. The van der Waals surface area contributed by atoms with E-state index in [1.165, 1.54) is 34.6 Å². The number of rotatable bonds is 10. The number of sulfonamides is 1. The van der Waals surface area contributed by atoms with Crippen LogP contribution in [0.3, 0.4) is 0 Å². The maximum absolute atomic E-state index is 13.0. The summed E-state index contributed by atoms with van der Waals surface area (Å²) >= 11 is 0. The molecular formula is C20H27N3O6S. The number of hydrogen-bond donors (Lipinski definition) is 1. The number of likely N-dealkylation sites (N-methyl/N-ethyl adjacent to an activating group) is 2. The Kier molecular flexibility index (Phi) is 7.63. The monoisotopic (exact) mass is 437 g/mol. The highest BCUT2D eigenvalue weighted by Crippen LogP contribution is 2.30. The molecule has 0 aromatic heterocycles. The van der Waals surface area contributed by atoms with Crippen LogP contribution in [-0.4, -0.2) is 55.5 Å². The molecule has 0 heterocycles. The molecule has 10 heteroatoms. The van der Waals surface area contributed by atoms with Crippen molar-refractivity contribution < 1.29 is 23.2 Å². The molecule has 0 spiro atoms. The predicted molar refractivity (Wildman–Crippen MR) is 115 cm³/mol. The minimum atomic E-state index is -3.69. The van der Waals surface area contributed by atoms with Crippen LogP contribution in [0.25, 0.3) is 0 Å². The third kappa shape index (κ3) is 5.61. The lowest BCUT2D eigenvalue weighted by molar-refractivity contribution is -0.385. The Balaban J connectivity index is 2.10. The number of aromatic hydroxyl groups is 1. The van der Waals surface area contributed by atoms with Gasteiger partial charge in [-0.3, -0.25) is 10.1 Å². The Morgan fingerprint density at radius 2 is 1.77 bits per heavy atom. The predicted octanol–water partition coefficient (Wildman–Crippen LogP) is 3.23. The van der Waals surface area contributed by atoms with Gasteiger partial charge in [0.25, 0.3) is 0 Å². The van der Waals surface area contributed by atoms with Gasteiger partial charge in [-0.1, -0.05) is 6.92 Å². The van der Waals surface area contributed by atoms with Gasteiger partial charge in [0.15, 0.2) is 5.75 Å². The molecule has 0 amide bonds. The summed E-state index contributed by atoms with van der Waals surface area (Å²) in [5.41, 5.74) is 0.163. The van der Waals surface area contributed by atoms with Crippen LogP contribution in [-0.2, 0) is 10.0 Å². The molecule has 0 saturated heterocycles. The van der Waals surface area contributed by atoms with Crippen molar-refractivity contribution in [3.05, 3.63) is 52.6 Å². The van der Waals surface area contributed by atoms with E-state index in [-0.39, 0.29) is 29.8 Å². The number of ether oxygens (including phenoxy) is 1. The van der Waals surface area contributed by atoms with Gasteiger partial charge in [0.2, 0.25) is 10.0 Å². The highest BCUT2D eigenvalue weighted by Gasteiger charge is 2.23. The fourth-order valence-electron chi connectivity index (χ4n) is 2.85. The molecular weight excluding hydrogens is 410 g/mol. The van der Waals surface area contributed by atoms with Gasteiger partial charge in [0.05, 0.1) is 15.9 Å². The second-order valence-electron chi connectivity index (χ2n) is 6.99. The molecule has 0 atom stereocenters. The zero-order valence-electron chi connectivity index (χ0n) is 17.5. The van der Waals surface area contributed by atoms with Crippen molar-refractivity contribution in [2.45, 2.75) is 31.8 Å². The van der Waals surface area contributed by atoms with Crippen LogP contribution in [0.2, 0.25) is 0 Å². The van der Waals surface area contributed by atoms with E-state index in [2.05, 4.69) is 0 Å². The van der Waals surface area contributed by atoms with Gasteiger partial charge in [-0.15, -0.1) is 0 Å². The zero-order valence-corrected chi connectivity index (χ0v) is 18.3. The van der Waals surface area contributed by atoms with Crippen molar-refractivity contribution in [2.75, 3.05) is 31.6 Å². The summed E-state index contributed by atoms with van der Waals surface area (Å²) in [5.74, 6) is 0.165. The summed E-state index contributed by atoms with van der Waals surface area (Å²) in [6.07, 6.45) is -0.00556. The van der Waals surface area contributed by atoms with Crippen molar-refractivity contribution in [1.82, 2.24) is 4.31 Å². The van der Waals surface area contributed by atoms with E-state index in [0.717, 1.165) is 0 Å². The van der Waals surface area contributed by atoms with Gasteiger partial charge in [0, 0.05) is 44.5 Å². The SMILES string of the molecule is CCN(CCN(C)c1ccc([N+](=O)[O-])c(O)c1)S(=O)(=O)c1ccc(OC(C)C)cc1. The van der Waals surface area contributed by atoms with Gasteiger partial charge in [-0.05, 0) is 44.2 Å². The normalized spacial score (nSPS) is 11.7. The Morgan fingerprint density at radius 3 is 2.27 bits per heavy atom. The Labute approximate surface area is 176 Å². The van der Waals surface area contributed by atoms with Crippen molar-refractivity contribution in [3.8, 4) is 11.5 Å². The number of benzene rings is 2. The third-order valence-corrected chi connectivity index (χ3v) is 6.46. The van der Waals surface area contributed by atoms with Crippen molar-refractivity contribution in [2.24, 2.45) is 0 Å². The summed E-state index contributed by atoms with van der Waals surface area (Å²) in [6.45, 7) is 6.36. The number of anilines is 1. The fourth-order valence-corrected chi connectivity index (χ4v) is 4.29. The first kappa shape index (κ1) is 23.4. The number of phenols is 1. The van der Waals surface area contributed by atoms with Crippen LogP contribution < -0.4 is 9.64 Å². The van der Waals surface area contributed by atoms with E-state index in [9.17, 15) is 23.6 Å². The van der Waals surface area contributed by atoms with Crippen LogP contribution in [0.4, 0.5) is 11.4 Å². The quantitative estimate of drug-likeness (QED) is 0.448. The smallest absolute Gasteiger partial charge is 0.310 e. The van der Waals surface area contributed by atoms with Crippen molar-refractivity contribution in [1.29, 1.82) is 0 Å². The zero-order chi connectivity index (χ0) is 22.5. The molecule has 2 rings (SSSR count). The Bertz CT molecular complexity index is 977. The first-order valence-electron chi connectivity index (χ1n) is 9.51. The molecule has 2 aromatic rings.